The highest BCUT2D eigenvalue weighted by atomic mass is 32.2. The molecular weight excluding hydrogens is 236 g/mol. The van der Waals surface area contributed by atoms with E-state index in [2.05, 4.69) is 39.9 Å². The SMILES string of the molecule is CNCc1ccc(SCc2cscn2)cc1. The summed E-state index contributed by atoms with van der Waals surface area (Å²) < 4.78 is 0. The Morgan fingerprint density at radius 1 is 1.31 bits per heavy atom. The quantitative estimate of drug-likeness (QED) is 0.825. The van der Waals surface area contributed by atoms with E-state index in [1.54, 1.807) is 11.3 Å². The molecule has 1 heterocycles. The van der Waals surface area contributed by atoms with E-state index in [0.29, 0.717) is 0 Å². The van der Waals surface area contributed by atoms with Gasteiger partial charge in [0.15, 0.2) is 0 Å². The minimum absolute atomic E-state index is 0.928. The smallest absolute Gasteiger partial charge is 0.0795 e. The molecule has 2 rings (SSSR count). The predicted molar refractivity (Wildman–Crippen MR) is 70.9 cm³/mol. The zero-order valence-corrected chi connectivity index (χ0v) is 10.8. The third kappa shape index (κ3) is 3.33. The minimum atomic E-state index is 0.928. The van der Waals surface area contributed by atoms with E-state index in [-0.39, 0.29) is 0 Å². The fraction of sp³-hybridized carbons (Fsp3) is 0.250. The van der Waals surface area contributed by atoms with Gasteiger partial charge in [-0.3, -0.25) is 0 Å². The Labute approximate surface area is 104 Å². The number of hydrogen-bond donors (Lipinski definition) is 1. The first-order chi connectivity index (χ1) is 7.88. The van der Waals surface area contributed by atoms with Crippen LogP contribution in [0.4, 0.5) is 0 Å². The third-order valence-corrected chi connectivity index (χ3v) is 3.86. The largest absolute Gasteiger partial charge is 0.316 e. The summed E-state index contributed by atoms with van der Waals surface area (Å²) >= 11 is 3.48. The van der Waals surface area contributed by atoms with Crippen LogP contribution in [0.1, 0.15) is 11.3 Å². The Hall–Kier alpha value is -0.840. The van der Waals surface area contributed by atoms with Crippen molar-refractivity contribution in [1.29, 1.82) is 0 Å². The van der Waals surface area contributed by atoms with Crippen molar-refractivity contribution in [3.8, 4) is 0 Å². The highest BCUT2D eigenvalue weighted by molar-refractivity contribution is 7.98. The molecule has 0 aliphatic rings. The van der Waals surface area contributed by atoms with Gasteiger partial charge in [-0.05, 0) is 24.7 Å². The molecule has 0 fully saturated rings. The van der Waals surface area contributed by atoms with Crippen LogP contribution < -0.4 is 5.32 Å². The van der Waals surface area contributed by atoms with Crippen LogP contribution >= 0.6 is 23.1 Å². The van der Waals surface area contributed by atoms with E-state index >= 15 is 0 Å². The van der Waals surface area contributed by atoms with E-state index in [1.807, 2.05) is 24.3 Å². The molecular formula is C12H14N2S2. The first kappa shape index (κ1) is 11.6. The molecule has 0 spiro atoms. The standard InChI is InChI=1S/C12H14N2S2/c1-13-6-10-2-4-12(5-3-10)16-8-11-7-15-9-14-11/h2-5,7,9,13H,6,8H2,1H3. The molecule has 84 valence electrons. The molecule has 0 amide bonds. The number of aromatic nitrogens is 1. The normalized spacial score (nSPS) is 10.6. The van der Waals surface area contributed by atoms with Gasteiger partial charge in [-0.15, -0.1) is 23.1 Å². The lowest BCUT2D eigenvalue weighted by Crippen LogP contribution is -2.04. The Morgan fingerprint density at radius 2 is 2.12 bits per heavy atom. The summed E-state index contributed by atoms with van der Waals surface area (Å²) in [5.41, 5.74) is 4.36. The minimum Gasteiger partial charge on any atom is -0.316 e. The molecule has 2 nitrogen and oxygen atoms in total. The summed E-state index contributed by atoms with van der Waals surface area (Å²) in [5, 5.41) is 5.24. The molecule has 0 radical (unpaired) electrons. The molecule has 4 heteroatoms. The maximum Gasteiger partial charge on any atom is 0.0795 e. The summed E-state index contributed by atoms with van der Waals surface area (Å²) in [6, 6.07) is 8.67. The number of rotatable bonds is 5. The van der Waals surface area contributed by atoms with Crippen molar-refractivity contribution in [2.75, 3.05) is 7.05 Å². The highest BCUT2D eigenvalue weighted by Crippen LogP contribution is 2.22. The predicted octanol–water partition coefficient (Wildman–Crippen LogP) is 3.15. The van der Waals surface area contributed by atoms with Crippen LogP contribution in [0, 0.1) is 0 Å². The first-order valence-electron chi connectivity index (χ1n) is 5.12. The van der Waals surface area contributed by atoms with Crippen LogP contribution in [-0.4, -0.2) is 12.0 Å². The number of nitrogens with zero attached hydrogens (tertiary/aromatic N) is 1. The molecule has 1 aromatic carbocycles. The summed E-state index contributed by atoms with van der Waals surface area (Å²) in [7, 11) is 1.96. The van der Waals surface area contributed by atoms with E-state index in [1.165, 1.54) is 10.5 Å². The average Bonchev–Trinajstić information content (AvgIpc) is 2.82. The molecule has 2 aromatic rings. The van der Waals surface area contributed by atoms with E-state index < -0.39 is 0 Å². The van der Waals surface area contributed by atoms with Crippen LogP contribution in [-0.2, 0) is 12.3 Å². The van der Waals surface area contributed by atoms with Crippen molar-refractivity contribution in [2.24, 2.45) is 0 Å². The van der Waals surface area contributed by atoms with Gasteiger partial charge in [-0.1, -0.05) is 12.1 Å². The topological polar surface area (TPSA) is 24.9 Å². The van der Waals surface area contributed by atoms with E-state index in [9.17, 15) is 0 Å². The number of benzene rings is 1. The molecule has 0 saturated heterocycles. The zero-order valence-electron chi connectivity index (χ0n) is 9.14. The molecule has 16 heavy (non-hydrogen) atoms. The number of nitrogens with one attached hydrogen (secondary N) is 1. The van der Waals surface area contributed by atoms with Crippen molar-refractivity contribution < 1.29 is 0 Å². The van der Waals surface area contributed by atoms with E-state index in [4.69, 9.17) is 0 Å². The van der Waals surface area contributed by atoms with Crippen molar-refractivity contribution in [1.82, 2.24) is 10.3 Å². The van der Waals surface area contributed by atoms with Crippen LogP contribution in [0.5, 0.6) is 0 Å². The summed E-state index contributed by atoms with van der Waals surface area (Å²) in [4.78, 5) is 5.56. The Kier molecular flexibility index (Phi) is 4.39. The molecule has 0 saturated carbocycles. The number of thioether (sulfide) groups is 1. The Morgan fingerprint density at radius 3 is 2.75 bits per heavy atom. The van der Waals surface area contributed by atoms with Gasteiger partial charge in [0.2, 0.25) is 0 Å². The van der Waals surface area contributed by atoms with E-state index in [0.717, 1.165) is 18.0 Å². The summed E-state index contributed by atoms with van der Waals surface area (Å²) in [6.07, 6.45) is 0. The first-order valence-corrected chi connectivity index (χ1v) is 7.05. The fourth-order valence-corrected chi connectivity index (χ4v) is 2.84. The van der Waals surface area contributed by atoms with Gasteiger partial charge in [0, 0.05) is 22.6 Å². The second kappa shape index (κ2) is 6.03. The van der Waals surface area contributed by atoms with Crippen molar-refractivity contribution >= 4 is 23.1 Å². The lowest BCUT2D eigenvalue weighted by molar-refractivity contribution is 0.817. The second-order valence-electron chi connectivity index (χ2n) is 3.44. The van der Waals surface area contributed by atoms with Gasteiger partial charge in [0.05, 0.1) is 11.2 Å². The van der Waals surface area contributed by atoms with Gasteiger partial charge >= 0.3 is 0 Å². The second-order valence-corrected chi connectivity index (χ2v) is 5.21. The van der Waals surface area contributed by atoms with Crippen LogP contribution in [0.15, 0.2) is 40.1 Å². The summed E-state index contributed by atoms with van der Waals surface area (Å²) in [5.74, 6) is 0.953. The molecule has 1 N–H and O–H groups in total. The van der Waals surface area contributed by atoms with Gasteiger partial charge < -0.3 is 5.32 Å². The molecule has 0 aliphatic carbocycles. The lowest BCUT2D eigenvalue weighted by atomic mass is 10.2. The van der Waals surface area contributed by atoms with Crippen LogP contribution in [0.3, 0.4) is 0 Å². The Balaban J connectivity index is 1.90. The van der Waals surface area contributed by atoms with Gasteiger partial charge in [-0.2, -0.15) is 0 Å². The summed E-state index contributed by atoms with van der Waals surface area (Å²) in [6.45, 7) is 0.928. The number of hydrogen-bond acceptors (Lipinski definition) is 4. The maximum absolute atomic E-state index is 4.27. The van der Waals surface area contributed by atoms with Crippen molar-refractivity contribution in [3.63, 3.8) is 0 Å². The van der Waals surface area contributed by atoms with Crippen molar-refractivity contribution in [3.05, 3.63) is 46.4 Å². The monoisotopic (exact) mass is 250 g/mol. The highest BCUT2D eigenvalue weighted by Gasteiger charge is 1.98. The van der Waals surface area contributed by atoms with Gasteiger partial charge in [-0.25, -0.2) is 4.98 Å². The zero-order chi connectivity index (χ0) is 11.2. The van der Waals surface area contributed by atoms with Gasteiger partial charge in [0.1, 0.15) is 0 Å². The molecule has 0 aliphatic heterocycles. The molecule has 0 bridgehead atoms. The fourth-order valence-electron chi connectivity index (χ4n) is 1.37. The maximum atomic E-state index is 4.27. The van der Waals surface area contributed by atoms with Gasteiger partial charge in [0.25, 0.3) is 0 Å². The lowest BCUT2D eigenvalue weighted by Gasteiger charge is -2.02. The van der Waals surface area contributed by atoms with Crippen LogP contribution in [0.25, 0.3) is 0 Å². The number of thiazole rings is 1. The third-order valence-electron chi connectivity index (χ3n) is 2.17. The average molecular weight is 250 g/mol. The Bertz CT molecular complexity index is 409. The van der Waals surface area contributed by atoms with Crippen molar-refractivity contribution in [2.45, 2.75) is 17.2 Å². The molecule has 1 aromatic heterocycles. The molecule has 0 unspecified atom stereocenters. The van der Waals surface area contributed by atoms with Crippen LogP contribution in [0.2, 0.25) is 0 Å². The molecule has 0 atom stereocenters.